The van der Waals surface area contributed by atoms with E-state index in [0.717, 1.165) is 57.7 Å². The van der Waals surface area contributed by atoms with Crippen LogP contribution in [0.1, 0.15) is 49.7 Å². The molecule has 2 N–H and O–H groups in total. The first-order chi connectivity index (χ1) is 11.3. The van der Waals surface area contributed by atoms with Crippen LogP contribution in [-0.4, -0.2) is 48.0 Å². The molecule has 4 nitrogen and oxygen atoms in total. The van der Waals surface area contributed by atoms with E-state index in [9.17, 15) is 5.11 Å². The Labute approximate surface area is 140 Å². The van der Waals surface area contributed by atoms with Crippen LogP contribution >= 0.6 is 0 Å². The van der Waals surface area contributed by atoms with E-state index < -0.39 is 0 Å². The second-order valence-corrected chi connectivity index (χ2v) is 6.45. The number of phenols is 1. The van der Waals surface area contributed by atoms with Gasteiger partial charge in [-0.05, 0) is 30.9 Å². The number of aryl methyl sites for hydroxylation is 1. The fraction of sp³-hybridized carbons (Fsp3) is 0.684. The summed E-state index contributed by atoms with van der Waals surface area (Å²) in [6, 6.07) is 6.16. The first kappa shape index (κ1) is 18.2. The largest absolute Gasteiger partial charge is 0.508 e. The van der Waals surface area contributed by atoms with Crippen LogP contribution in [-0.2, 0) is 17.7 Å². The normalized spacial score (nSPS) is 15.9. The SMILES string of the molecule is OCCCCCCCCc1ccc(CN2CCOCC2)c(O)c1. The zero-order chi connectivity index (χ0) is 16.3. The van der Waals surface area contributed by atoms with Gasteiger partial charge in [0.1, 0.15) is 5.75 Å². The topological polar surface area (TPSA) is 52.9 Å². The molecule has 1 heterocycles. The molecule has 0 bridgehead atoms. The number of ether oxygens (including phenoxy) is 1. The van der Waals surface area contributed by atoms with Gasteiger partial charge in [-0.25, -0.2) is 0 Å². The minimum absolute atomic E-state index is 0.316. The Morgan fingerprint density at radius 3 is 2.35 bits per heavy atom. The molecule has 1 aromatic carbocycles. The van der Waals surface area contributed by atoms with E-state index in [1.54, 1.807) is 0 Å². The summed E-state index contributed by atoms with van der Waals surface area (Å²) in [6.07, 6.45) is 7.94. The quantitative estimate of drug-likeness (QED) is 0.650. The molecular weight excluding hydrogens is 290 g/mol. The number of aliphatic hydroxyl groups is 1. The van der Waals surface area contributed by atoms with E-state index in [1.807, 2.05) is 6.07 Å². The maximum absolute atomic E-state index is 10.2. The molecule has 1 fully saturated rings. The third-order valence-electron chi connectivity index (χ3n) is 4.52. The van der Waals surface area contributed by atoms with Crippen LogP contribution in [0.3, 0.4) is 0 Å². The van der Waals surface area contributed by atoms with Gasteiger partial charge in [-0.1, -0.05) is 37.8 Å². The molecule has 4 heteroatoms. The van der Waals surface area contributed by atoms with Crippen molar-refractivity contribution in [3.63, 3.8) is 0 Å². The van der Waals surface area contributed by atoms with Crippen LogP contribution in [0.5, 0.6) is 5.75 Å². The van der Waals surface area contributed by atoms with Crippen LogP contribution < -0.4 is 0 Å². The predicted molar refractivity (Wildman–Crippen MR) is 92.7 cm³/mol. The lowest BCUT2D eigenvalue weighted by atomic mass is 10.0. The summed E-state index contributed by atoms with van der Waals surface area (Å²) in [5.74, 6) is 0.428. The maximum Gasteiger partial charge on any atom is 0.120 e. The van der Waals surface area contributed by atoms with Crippen molar-refractivity contribution in [2.24, 2.45) is 0 Å². The summed E-state index contributed by atoms with van der Waals surface area (Å²) in [5, 5.41) is 19.0. The first-order valence-electron chi connectivity index (χ1n) is 9.01. The number of phenolic OH excluding ortho intramolecular Hbond substituents is 1. The van der Waals surface area contributed by atoms with Crippen LogP contribution in [0.25, 0.3) is 0 Å². The van der Waals surface area contributed by atoms with E-state index in [0.29, 0.717) is 12.4 Å². The van der Waals surface area contributed by atoms with Gasteiger partial charge in [0.15, 0.2) is 0 Å². The van der Waals surface area contributed by atoms with Crippen molar-refractivity contribution in [2.75, 3.05) is 32.9 Å². The molecule has 1 aliphatic heterocycles. The standard InChI is InChI=1S/C19H31NO3/c21-12-6-4-2-1-3-5-7-17-8-9-18(19(22)15-17)16-20-10-13-23-14-11-20/h8-9,15,21-22H,1-7,10-14,16H2. The Kier molecular flexibility index (Phi) is 8.43. The summed E-state index contributed by atoms with van der Waals surface area (Å²) in [7, 11) is 0. The summed E-state index contributed by atoms with van der Waals surface area (Å²) in [6.45, 7) is 4.58. The molecule has 0 unspecified atom stereocenters. The van der Waals surface area contributed by atoms with Crippen molar-refractivity contribution in [3.05, 3.63) is 29.3 Å². The molecule has 1 aromatic rings. The Bertz CT molecular complexity index is 444. The number of hydrogen-bond acceptors (Lipinski definition) is 4. The molecule has 1 aliphatic rings. The van der Waals surface area contributed by atoms with E-state index in [2.05, 4.69) is 17.0 Å². The van der Waals surface area contributed by atoms with Gasteiger partial charge in [0, 0.05) is 31.8 Å². The van der Waals surface area contributed by atoms with Gasteiger partial charge in [-0.15, -0.1) is 0 Å². The van der Waals surface area contributed by atoms with Gasteiger partial charge >= 0.3 is 0 Å². The average molecular weight is 321 g/mol. The molecule has 23 heavy (non-hydrogen) atoms. The first-order valence-corrected chi connectivity index (χ1v) is 9.01. The molecule has 0 radical (unpaired) electrons. The highest BCUT2D eigenvalue weighted by atomic mass is 16.5. The molecule has 0 spiro atoms. The number of nitrogens with zero attached hydrogens (tertiary/aromatic N) is 1. The molecule has 2 rings (SSSR count). The Morgan fingerprint density at radius 2 is 1.65 bits per heavy atom. The lowest BCUT2D eigenvalue weighted by Gasteiger charge is -2.26. The molecular formula is C19H31NO3. The van der Waals surface area contributed by atoms with Crippen molar-refractivity contribution in [2.45, 2.75) is 51.5 Å². The zero-order valence-corrected chi connectivity index (χ0v) is 14.2. The Morgan fingerprint density at radius 1 is 0.957 bits per heavy atom. The van der Waals surface area contributed by atoms with E-state index in [1.165, 1.54) is 31.2 Å². The lowest BCUT2D eigenvalue weighted by molar-refractivity contribution is 0.0339. The highest BCUT2D eigenvalue weighted by Gasteiger charge is 2.12. The zero-order valence-electron chi connectivity index (χ0n) is 14.2. The number of morpholine rings is 1. The van der Waals surface area contributed by atoms with Gasteiger partial charge in [0.25, 0.3) is 0 Å². The van der Waals surface area contributed by atoms with Crippen molar-refractivity contribution >= 4 is 0 Å². The van der Waals surface area contributed by atoms with Gasteiger partial charge in [0.2, 0.25) is 0 Å². The summed E-state index contributed by atoms with van der Waals surface area (Å²) >= 11 is 0. The molecule has 0 aromatic heterocycles. The minimum atomic E-state index is 0.316. The highest BCUT2D eigenvalue weighted by molar-refractivity contribution is 5.36. The molecule has 0 atom stereocenters. The second kappa shape index (κ2) is 10.6. The number of aromatic hydroxyl groups is 1. The minimum Gasteiger partial charge on any atom is -0.508 e. The van der Waals surface area contributed by atoms with E-state index in [4.69, 9.17) is 9.84 Å². The van der Waals surface area contributed by atoms with Gasteiger partial charge < -0.3 is 14.9 Å². The molecule has 0 amide bonds. The summed E-state index contributed by atoms with van der Waals surface area (Å²) in [5.41, 5.74) is 2.24. The molecule has 1 saturated heterocycles. The molecule has 0 aliphatic carbocycles. The van der Waals surface area contributed by atoms with Crippen molar-refractivity contribution in [1.29, 1.82) is 0 Å². The number of benzene rings is 1. The number of aliphatic hydroxyl groups excluding tert-OH is 1. The van der Waals surface area contributed by atoms with Gasteiger partial charge in [-0.3, -0.25) is 4.90 Å². The van der Waals surface area contributed by atoms with E-state index in [-0.39, 0.29) is 0 Å². The number of rotatable bonds is 10. The highest BCUT2D eigenvalue weighted by Crippen LogP contribution is 2.22. The monoisotopic (exact) mass is 321 g/mol. The molecule has 0 saturated carbocycles. The fourth-order valence-corrected chi connectivity index (χ4v) is 3.05. The van der Waals surface area contributed by atoms with Gasteiger partial charge in [0.05, 0.1) is 13.2 Å². The Balaban J connectivity index is 1.69. The van der Waals surface area contributed by atoms with Crippen molar-refractivity contribution < 1.29 is 14.9 Å². The maximum atomic E-state index is 10.2. The van der Waals surface area contributed by atoms with Crippen molar-refractivity contribution in [1.82, 2.24) is 4.90 Å². The van der Waals surface area contributed by atoms with Crippen molar-refractivity contribution in [3.8, 4) is 5.75 Å². The summed E-state index contributed by atoms with van der Waals surface area (Å²) < 4.78 is 5.36. The molecule has 130 valence electrons. The van der Waals surface area contributed by atoms with Crippen LogP contribution in [0, 0.1) is 0 Å². The number of hydrogen-bond donors (Lipinski definition) is 2. The third-order valence-corrected chi connectivity index (χ3v) is 4.52. The van der Waals surface area contributed by atoms with Crippen LogP contribution in [0.2, 0.25) is 0 Å². The Hall–Kier alpha value is -1.10. The fourth-order valence-electron chi connectivity index (χ4n) is 3.05. The van der Waals surface area contributed by atoms with Gasteiger partial charge in [-0.2, -0.15) is 0 Å². The third kappa shape index (κ3) is 6.90. The van der Waals surface area contributed by atoms with Crippen LogP contribution in [0.15, 0.2) is 18.2 Å². The average Bonchev–Trinajstić information content (AvgIpc) is 2.57. The summed E-state index contributed by atoms with van der Waals surface area (Å²) in [4.78, 5) is 2.32. The van der Waals surface area contributed by atoms with E-state index >= 15 is 0 Å². The lowest BCUT2D eigenvalue weighted by Crippen LogP contribution is -2.35. The van der Waals surface area contributed by atoms with Crippen LogP contribution in [0.4, 0.5) is 0 Å². The number of unbranched alkanes of at least 4 members (excludes halogenated alkanes) is 5. The second-order valence-electron chi connectivity index (χ2n) is 6.45. The smallest absolute Gasteiger partial charge is 0.120 e. The predicted octanol–water partition coefficient (Wildman–Crippen LogP) is 3.10.